The van der Waals surface area contributed by atoms with E-state index >= 15 is 0 Å². The van der Waals surface area contributed by atoms with E-state index in [0.717, 1.165) is 0 Å². The standard InChI is InChI=1S/C11H7N3O6/c15-10-6(12-11(16)13-10)3-5-1-2-7-9(20-4-19-7)8(5)14(17)18/h1-3H,4H2,(H2,12,13,15,16). The fourth-order valence-corrected chi connectivity index (χ4v) is 1.92. The summed E-state index contributed by atoms with van der Waals surface area (Å²) in [6, 6.07) is 2.23. The lowest BCUT2D eigenvalue weighted by Crippen LogP contribution is -2.22. The van der Waals surface area contributed by atoms with Gasteiger partial charge in [-0.25, -0.2) is 4.79 Å². The molecular weight excluding hydrogens is 270 g/mol. The van der Waals surface area contributed by atoms with Crippen LogP contribution in [0.5, 0.6) is 11.5 Å². The minimum Gasteiger partial charge on any atom is -0.453 e. The van der Waals surface area contributed by atoms with Gasteiger partial charge in [-0.1, -0.05) is 0 Å². The van der Waals surface area contributed by atoms with Crippen molar-refractivity contribution in [3.8, 4) is 11.5 Å². The number of hydrogen-bond donors (Lipinski definition) is 2. The molecule has 2 aliphatic rings. The largest absolute Gasteiger partial charge is 0.453 e. The zero-order valence-electron chi connectivity index (χ0n) is 9.84. The van der Waals surface area contributed by atoms with Crippen molar-refractivity contribution in [2.75, 3.05) is 6.79 Å². The summed E-state index contributed by atoms with van der Waals surface area (Å²) in [5, 5.41) is 15.4. The Hall–Kier alpha value is -3.10. The van der Waals surface area contributed by atoms with E-state index in [1.54, 1.807) is 0 Å². The lowest BCUT2D eigenvalue weighted by atomic mass is 10.1. The highest BCUT2D eigenvalue weighted by Gasteiger charge is 2.30. The molecule has 0 saturated carbocycles. The second-order valence-electron chi connectivity index (χ2n) is 3.96. The number of ether oxygens (including phenoxy) is 2. The van der Waals surface area contributed by atoms with Gasteiger partial charge in [-0.15, -0.1) is 0 Å². The Kier molecular flexibility index (Phi) is 2.53. The van der Waals surface area contributed by atoms with Crippen LogP contribution in [0.25, 0.3) is 6.08 Å². The van der Waals surface area contributed by atoms with E-state index in [9.17, 15) is 19.7 Å². The zero-order chi connectivity index (χ0) is 14.3. The highest BCUT2D eigenvalue weighted by atomic mass is 16.7. The molecule has 1 aromatic rings. The molecule has 3 rings (SSSR count). The molecule has 1 saturated heterocycles. The maximum absolute atomic E-state index is 11.4. The number of nitrogens with zero attached hydrogens (tertiary/aromatic N) is 1. The number of hydrogen-bond acceptors (Lipinski definition) is 6. The Morgan fingerprint density at radius 1 is 1.25 bits per heavy atom. The molecule has 9 heteroatoms. The van der Waals surface area contributed by atoms with Crippen molar-refractivity contribution in [2.45, 2.75) is 0 Å². The maximum Gasteiger partial charge on any atom is 0.326 e. The smallest absolute Gasteiger partial charge is 0.326 e. The first-order valence-corrected chi connectivity index (χ1v) is 5.47. The van der Waals surface area contributed by atoms with Crippen LogP contribution in [-0.2, 0) is 4.79 Å². The van der Waals surface area contributed by atoms with Gasteiger partial charge in [0.05, 0.1) is 10.5 Å². The van der Waals surface area contributed by atoms with Crippen LogP contribution in [0.3, 0.4) is 0 Å². The van der Waals surface area contributed by atoms with Gasteiger partial charge >= 0.3 is 11.7 Å². The Morgan fingerprint density at radius 3 is 2.70 bits per heavy atom. The van der Waals surface area contributed by atoms with Crippen LogP contribution in [0, 0.1) is 10.1 Å². The molecular formula is C11H7N3O6. The monoisotopic (exact) mass is 277 g/mol. The van der Waals surface area contributed by atoms with Crippen LogP contribution >= 0.6 is 0 Å². The predicted octanol–water partition coefficient (Wildman–Crippen LogP) is 0.504. The Morgan fingerprint density at radius 2 is 2.05 bits per heavy atom. The fourth-order valence-electron chi connectivity index (χ4n) is 1.92. The van der Waals surface area contributed by atoms with Crippen LogP contribution < -0.4 is 20.1 Å². The molecule has 2 aliphatic heterocycles. The van der Waals surface area contributed by atoms with Gasteiger partial charge < -0.3 is 14.8 Å². The van der Waals surface area contributed by atoms with E-state index in [4.69, 9.17) is 9.47 Å². The third-order valence-electron chi connectivity index (χ3n) is 2.75. The summed E-state index contributed by atoms with van der Waals surface area (Å²) in [6.45, 7) is -0.104. The van der Waals surface area contributed by atoms with Gasteiger partial charge in [0.25, 0.3) is 5.91 Å². The van der Waals surface area contributed by atoms with Crippen molar-refractivity contribution in [3.05, 3.63) is 33.5 Å². The van der Waals surface area contributed by atoms with Gasteiger partial charge in [-0.3, -0.25) is 20.2 Å². The molecule has 0 aromatic heterocycles. The quantitative estimate of drug-likeness (QED) is 0.351. The Bertz CT molecular complexity index is 681. The lowest BCUT2D eigenvalue weighted by Gasteiger charge is -2.02. The summed E-state index contributed by atoms with van der Waals surface area (Å²) >= 11 is 0. The van der Waals surface area contributed by atoms with Crippen LogP contribution in [0.4, 0.5) is 10.5 Å². The number of benzene rings is 1. The summed E-state index contributed by atoms with van der Waals surface area (Å²) in [6.07, 6.45) is 1.21. The van der Waals surface area contributed by atoms with Crippen LogP contribution in [0.2, 0.25) is 0 Å². The number of imide groups is 1. The second kappa shape index (κ2) is 4.23. The molecule has 2 N–H and O–H groups in total. The number of carbonyl (C=O) groups is 2. The first kappa shape index (κ1) is 12.0. The van der Waals surface area contributed by atoms with Gasteiger partial charge in [0.15, 0.2) is 5.75 Å². The number of carbonyl (C=O) groups excluding carboxylic acids is 2. The van der Waals surface area contributed by atoms with Crippen molar-refractivity contribution in [2.24, 2.45) is 0 Å². The van der Waals surface area contributed by atoms with Crippen LogP contribution in [0.15, 0.2) is 17.8 Å². The van der Waals surface area contributed by atoms with E-state index in [2.05, 4.69) is 5.32 Å². The van der Waals surface area contributed by atoms with Crippen molar-refractivity contribution < 1.29 is 24.0 Å². The highest BCUT2D eigenvalue weighted by Crippen LogP contribution is 2.43. The molecule has 9 nitrogen and oxygen atoms in total. The van der Waals surface area contributed by atoms with Crippen molar-refractivity contribution >= 4 is 23.7 Å². The van der Waals surface area contributed by atoms with Gasteiger partial charge in [-0.05, 0) is 18.2 Å². The molecule has 0 atom stereocenters. The first-order chi connectivity index (χ1) is 9.56. The molecule has 1 aromatic carbocycles. The average molecular weight is 277 g/mol. The number of rotatable bonds is 2. The van der Waals surface area contributed by atoms with Gasteiger partial charge in [0, 0.05) is 0 Å². The number of nitro benzene ring substituents is 1. The van der Waals surface area contributed by atoms with Gasteiger partial charge in [-0.2, -0.15) is 0 Å². The normalized spacial score (nSPS) is 18.1. The molecule has 102 valence electrons. The molecule has 0 aliphatic carbocycles. The average Bonchev–Trinajstić information content (AvgIpc) is 2.95. The van der Waals surface area contributed by atoms with Crippen molar-refractivity contribution in [3.63, 3.8) is 0 Å². The molecule has 0 radical (unpaired) electrons. The van der Waals surface area contributed by atoms with E-state index in [1.807, 2.05) is 5.32 Å². The molecule has 20 heavy (non-hydrogen) atoms. The first-order valence-electron chi connectivity index (χ1n) is 5.47. The van der Waals surface area contributed by atoms with E-state index < -0.39 is 16.9 Å². The molecule has 0 spiro atoms. The summed E-state index contributed by atoms with van der Waals surface area (Å²) in [4.78, 5) is 32.9. The van der Waals surface area contributed by atoms with Crippen molar-refractivity contribution in [1.29, 1.82) is 0 Å². The molecule has 3 amide bonds. The minimum absolute atomic E-state index is 0.00841. The maximum atomic E-state index is 11.4. The highest BCUT2D eigenvalue weighted by molar-refractivity contribution is 6.14. The number of nitrogens with one attached hydrogen (secondary N) is 2. The molecule has 0 unspecified atom stereocenters. The fraction of sp³-hybridized carbons (Fsp3) is 0.0909. The van der Waals surface area contributed by atoms with Gasteiger partial charge in [0.2, 0.25) is 12.5 Å². The topological polar surface area (TPSA) is 120 Å². The zero-order valence-corrected chi connectivity index (χ0v) is 9.84. The van der Waals surface area contributed by atoms with Gasteiger partial charge in [0.1, 0.15) is 5.70 Å². The predicted molar refractivity (Wildman–Crippen MR) is 63.9 cm³/mol. The van der Waals surface area contributed by atoms with E-state index in [1.165, 1.54) is 18.2 Å². The molecule has 2 heterocycles. The third-order valence-corrected chi connectivity index (χ3v) is 2.75. The Labute approximate surface area is 111 Å². The number of nitro groups is 1. The van der Waals surface area contributed by atoms with Crippen molar-refractivity contribution in [1.82, 2.24) is 10.6 Å². The van der Waals surface area contributed by atoms with Crippen LogP contribution in [0.1, 0.15) is 5.56 Å². The number of amides is 3. The minimum atomic E-state index is -0.676. The number of urea groups is 1. The summed E-state index contributed by atoms with van der Waals surface area (Å²) < 4.78 is 10.1. The van der Waals surface area contributed by atoms with E-state index in [-0.39, 0.29) is 35.2 Å². The summed E-state index contributed by atoms with van der Waals surface area (Å²) in [7, 11) is 0. The Balaban J connectivity index is 2.11. The molecule has 1 fully saturated rings. The summed E-state index contributed by atoms with van der Waals surface area (Å²) in [5.74, 6) is -0.380. The third kappa shape index (κ3) is 1.81. The SMILES string of the molecule is O=C1NC(=O)C(=Cc2ccc3c(c2[N+](=O)[O-])OCO3)N1. The van der Waals surface area contributed by atoms with E-state index in [0.29, 0.717) is 0 Å². The second-order valence-corrected chi connectivity index (χ2v) is 3.96. The lowest BCUT2D eigenvalue weighted by molar-refractivity contribution is -0.385. The molecule has 0 bridgehead atoms. The van der Waals surface area contributed by atoms with Crippen LogP contribution in [-0.4, -0.2) is 23.7 Å². The number of fused-ring (bicyclic) bond motifs is 1. The summed E-state index contributed by atoms with van der Waals surface area (Å²) in [5.41, 5.74) is -0.259.